The van der Waals surface area contributed by atoms with Crippen molar-refractivity contribution in [3.05, 3.63) is 59.6 Å². The number of nitrogens with zero attached hydrogens (tertiary/aromatic N) is 4. The van der Waals surface area contributed by atoms with Gasteiger partial charge in [-0.15, -0.1) is 11.3 Å². The number of hydrogen-bond acceptors (Lipinski definition) is 10. The van der Waals surface area contributed by atoms with E-state index in [1.165, 1.54) is 22.2 Å². The molecule has 0 bridgehead atoms. The molecule has 0 saturated heterocycles. The number of pyridine rings is 1. The van der Waals surface area contributed by atoms with Gasteiger partial charge in [0.1, 0.15) is 4.83 Å². The lowest BCUT2D eigenvalue weighted by Gasteiger charge is -2.15. The molecule has 2 aromatic carbocycles. The van der Waals surface area contributed by atoms with Crippen molar-refractivity contribution in [3.8, 4) is 39.6 Å². The standard InChI is InChI=1S/C26H23N5O5S/c1-31-13-20(36-30-31)29-25(32)24-22(27)21-16(15-10-18(33-2)23(35-4)19(11-15)34-3)12-17(28-26(21)37-24)14-8-6-5-7-9-14/h5-13H,1-4H3,(H2-,27,29,30,32). The van der Waals surface area contributed by atoms with Crippen LogP contribution in [0.2, 0.25) is 0 Å². The minimum atomic E-state index is -0.547. The van der Waals surface area contributed by atoms with E-state index in [1.807, 2.05) is 48.5 Å². The number of anilines is 1. The monoisotopic (exact) mass is 517 g/mol. The van der Waals surface area contributed by atoms with Crippen LogP contribution in [-0.4, -0.2) is 37.5 Å². The molecule has 37 heavy (non-hydrogen) atoms. The highest BCUT2D eigenvalue weighted by Gasteiger charge is 2.21. The molecule has 0 atom stereocenters. The molecule has 0 fully saturated rings. The van der Waals surface area contributed by atoms with E-state index >= 15 is 0 Å². The number of ether oxygens (including phenoxy) is 3. The number of nitrogens with two attached hydrogens (primary N) is 1. The number of aromatic nitrogens is 3. The van der Waals surface area contributed by atoms with Crippen molar-refractivity contribution in [2.45, 2.75) is 0 Å². The summed E-state index contributed by atoms with van der Waals surface area (Å²) in [7, 11) is 6.32. The van der Waals surface area contributed by atoms with Crippen molar-refractivity contribution in [1.29, 1.82) is 0 Å². The number of aliphatic imine (C=N–C) groups is 1. The van der Waals surface area contributed by atoms with Gasteiger partial charge in [-0.05, 0) is 29.3 Å². The van der Waals surface area contributed by atoms with Crippen molar-refractivity contribution < 1.29 is 28.5 Å². The van der Waals surface area contributed by atoms with Crippen LogP contribution < -0.4 is 29.7 Å². The Morgan fingerprint density at radius 2 is 1.73 bits per heavy atom. The third-order valence-corrected chi connectivity index (χ3v) is 6.80. The molecular formula is C26H23N5O5S. The van der Waals surface area contributed by atoms with Crippen molar-refractivity contribution in [2.75, 3.05) is 27.1 Å². The highest BCUT2D eigenvalue weighted by molar-refractivity contribution is 7.21. The number of aryl methyl sites for hydroxylation is 1. The van der Waals surface area contributed by atoms with Crippen molar-refractivity contribution in [3.63, 3.8) is 0 Å². The van der Waals surface area contributed by atoms with Gasteiger partial charge in [-0.2, -0.15) is 0 Å². The molecule has 3 heterocycles. The third-order valence-electron chi connectivity index (χ3n) is 5.71. The summed E-state index contributed by atoms with van der Waals surface area (Å²) in [5.41, 5.74) is 9.98. The topological polar surface area (TPSA) is 132 Å². The SMILES string of the molecule is COc1cc(-c2cc(-c3ccccc3)nc3sc(/C([O-])=N/c4c[n+](C)no4)c(N)c23)cc(OC)c1OC. The Bertz CT molecular complexity index is 1600. The van der Waals surface area contributed by atoms with Gasteiger partial charge >= 0.3 is 5.88 Å². The lowest BCUT2D eigenvalue weighted by atomic mass is 9.98. The molecule has 0 unspecified atom stereocenters. The van der Waals surface area contributed by atoms with Crippen LogP contribution in [0.15, 0.2) is 64.2 Å². The first kappa shape index (κ1) is 24.1. The molecule has 0 amide bonds. The second-order valence-electron chi connectivity index (χ2n) is 7.99. The average Bonchev–Trinajstić information content (AvgIpc) is 3.49. The van der Waals surface area contributed by atoms with E-state index < -0.39 is 5.90 Å². The third kappa shape index (κ3) is 4.40. The van der Waals surface area contributed by atoms with E-state index in [4.69, 9.17) is 29.5 Å². The lowest BCUT2D eigenvalue weighted by Crippen LogP contribution is -2.27. The normalized spacial score (nSPS) is 11.6. The molecule has 0 spiro atoms. The number of thiophene rings is 1. The van der Waals surface area contributed by atoms with E-state index in [0.29, 0.717) is 27.5 Å². The van der Waals surface area contributed by atoms with Crippen LogP contribution in [0.1, 0.15) is 4.88 Å². The van der Waals surface area contributed by atoms with Gasteiger partial charge in [-0.3, -0.25) is 4.52 Å². The molecule has 5 aromatic rings. The molecule has 0 aliphatic carbocycles. The molecule has 0 aliphatic heterocycles. The highest BCUT2D eigenvalue weighted by atomic mass is 32.1. The van der Waals surface area contributed by atoms with Gasteiger partial charge in [0.05, 0.1) is 37.6 Å². The van der Waals surface area contributed by atoms with E-state index in [1.54, 1.807) is 28.4 Å². The van der Waals surface area contributed by atoms with Gasteiger partial charge in [-0.25, -0.2) is 9.98 Å². The summed E-state index contributed by atoms with van der Waals surface area (Å²) in [4.78, 5) is 9.70. The average molecular weight is 518 g/mol. The fourth-order valence-electron chi connectivity index (χ4n) is 4.01. The van der Waals surface area contributed by atoms with Crippen LogP contribution in [0.4, 0.5) is 11.6 Å². The van der Waals surface area contributed by atoms with E-state index in [0.717, 1.165) is 22.4 Å². The Balaban J connectivity index is 1.78. The molecule has 10 nitrogen and oxygen atoms in total. The van der Waals surface area contributed by atoms with E-state index in [-0.39, 0.29) is 16.4 Å². The molecule has 2 N–H and O–H groups in total. The Hall–Kier alpha value is -4.64. The number of nitrogen functional groups attached to an aromatic ring is 1. The first-order chi connectivity index (χ1) is 17.9. The van der Waals surface area contributed by atoms with Crippen LogP contribution in [0.25, 0.3) is 32.6 Å². The van der Waals surface area contributed by atoms with Crippen molar-refractivity contribution in [2.24, 2.45) is 12.0 Å². The van der Waals surface area contributed by atoms with Crippen LogP contribution in [0, 0.1) is 0 Å². The maximum Gasteiger partial charge on any atom is 0.320 e. The quantitative estimate of drug-likeness (QED) is 0.197. The van der Waals surface area contributed by atoms with Crippen molar-refractivity contribution in [1.82, 2.24) is 10.3 Å². The maximum absolute atomic E-state index is 13.1. The van der Waals surface area contributed by atoms with Gasteiger partial charge in [0, 0.05) is 16.8 Å². The summed E-state index contributed by atoms with van der Waals surface area (Å²) < 4.78 is 23.1. The maximum atomic E-state index is 13.1. The van der Waals surface area contributed by atoms with Gasteiger partial charge in [0.2, 0.25) is 5.75 Å². The molecule has 0 saturated carbocycles. The minimum absolute atomic E-state index is 0.0761. The number of methoxy groups -OCH3 is 3. The summed E-state index contributed by atoms with van der Waals surface area (Å²) in [6.07, 6.45) is 1.49. The van der Waals surface area contributed by atoms with Gasteiger partial charge < -0.3 is 25.1 Å². The number of benzene rings is 2. The Labute approximate surface area is 216 Å². The largest absolute Gasteiger partial charge is 0.857 e. The molecule has 11 heteroatoms. The first-order valence-corrected chi connectivity index (χ1v) is 11.9. The highest BCUT2D eigenvalue weighted by Crippen LogP contribution is 2.46. The van der Waals surface area contributed by atoms with Crippen LogP contribution in [0.3, 0.4) is 0 Å². The fraction of sp³-hybridized carbons (Fsp3) is 0.154. The van der Waals surface area contributed by atoms with Gasteiger partial charge in [0.25, 0.3) is 6.20 Å². The van der Waals surface area contributed by atoms with Gasteiger partial charge in [-0.1, -0.05) is 35.0 Å². The van der Waals surface area contributed by atoms with E-state index in [2.05, 4.69) is 10.3 Å². The summed E-state index contributed by atoms with van der Waals surface area (Å²) in [6, 6.07) is 15.4. The summed E-state index contributed by atoms with van der Waals surface area (Å²) in [5, 5.41) is 17.4. The Morgan fingerprint density at radius 3 is 2.32 bits per heavy atom. The number of rotatable bonds is 7. The minimum Gasteiger partial charge on any atom is -0.857 e. The Morgan fingerprint density at radius 1 is 1.03 bits per heavy atom. The molecule has 188 valence electrons. The zero-order valence-electron chi connectivity index (χ0n) is 20.5. The molecule has 3 aromatic heterocycles. The molecule has 0 aliphatic rings. The van der Waals surface area contributed by atoms with Crippen molar-refractivity contribution >= 4 is 39.0 Å². The fourth-order valence-corrected chi connectivity index (χ4v) is 5.02. The lowest BCUT2D eigenvalue weighted by molar-refractivity contribution is -0.739. The summed E-state index contributed by atoms with van der Waals surface area (Å²) >= 11 is 1.17. The Kier molecular flexibility index (Phi) is 6.36. The molecule has 0 radical (unpaired) electrons. The number of hydrogen-bond donors (Lipinski definition) is 1. The van der Waals surface area contributed by atoms with Gasteiger partial charge in [0.15, 0.2) is 23.8 Å². The summed E-state index contributed by atoms with van der Waals surface area (Å²) in [6.45, 7) is 0. The zero-order valence-corrected chi connectivity index (χ0v) is 21.3. The second kappa shape index (κ2) is 9.78. The predicted molar refractivity (Wildman–Crippen MR) is 138 cm³/mol. The van der Waals surface area contributed by atoms with Crippen LogP contribution in [-0.2, 0) is 7.05 Å². The smallest absolute Gasteiger partial charge is 0.320 e. The zero-order chi connectivity index (χ0) is 26.1. The molecule has 5 rings (SSSR count). The first-order valence-electron chi connectivity index (χ1n) is 11.1. The van der Waals surface area contributed by atoms with Crippen LogP contribution in [0.5, 0.6) is 17.2 Å². The van der Waals surface area contributed by atoms with E-state index in [9.17, 15) is 5.11 Å². The van der Waals surface area contributed by atoms with Crippen LogP contribution >= 0.6 is 11.3 Å². The predicted octanol–water partition coefficient (Wildman–Crippen LogP) is 3.49. The molecular weight excluding hydrogens is 494 g/mol. The second-order valence-corrected chi connectivity index (χ2v) is 8.99. The number of fused-ring (bicyclic) bond motifs is 1. The summed E-state index contributed by atoms with van der Waals surface area (Å²) in [5.74, 6) is 0.972.